The fraction of sp³-hybridized carbons (Fsp3) is 0.417. The van der Waals surface area contributed by atoms with Crippen LogP contribution in [0.5, 0.6) is 0 Å². The Morgan fingerprint density at radius 3 is 2.57 bits per heavy atom. The molecule has 1 heterocycles. The fourth-order valence-corrected chi connectivity index (χ4v) is 1.76. The molecule has 0 aliphatic rings. The Hall–Kier alpha value is -1.31. The molecule has 0 radical (unpaired) electrons. The number of benzene rings is 1. The number of H-pyrrole nitrogens is 1. The third-order valence-corrected chi connectivity index (χ3v) is 2.59. The Labute approximate surface area is 84.4 Å². The second kappa shape index (κ2) is 3.45. The summed E-state index contributed by atoms with van der Waals surface area (Å²) in [5.41, 5.74) is 4.87. The summed E-state index contributed by atoms with van der Waals surface area (Å²) in [4.78, 5) is 8.00. The molecule has 0 aliphatic carbocycles. The Morgan fingerprint density at radius 1 is 1.21 bits per heavy atom. The number of hydrogen-bond donors (Lipinski definition) is 1. The molecule has 1 aromatic carbocycles. The summed E-state index contributed by atoms with van der Waals surface area (Å²) >= 11 is 0. The van der Waals surface area contributed by atoms with Gasteiger partial charge in [-0.3, -0.25) is 0 Å². The Bertz CT molecular complexity index is 416. The Balaban J connectivity index is 2.63. The summed E-state index contributed by atoms with van der Waals surface area (Å²) in [5, 5.41) is 0. The molecule has 1 N–H and O–H groups in total. The number of aromatic amines is 1. The molecule has 0 saturated carbocycles. The van der Waals surface area contributed by atoms with Gasteiger partial charge in [0.05, 0.1) is 11.0 Å². The zero-order valence-corrected chi connectivity index (χ0v) is 9.02. The van der Waals surface area contributed by atoms with E-state index in [1.165, 1.54) is 16.6 Å². The molecule has 0 spiro atoms. The van der Waals surface area contributed by atoms with Gasteiger partial charge in [0.25, 0.3) is 0 Å². The summed E-state index contributed by atoms with van der Waals surface area (Å²) < 4.78 is 0. The number of aromatic nitrogens is 2. The zero-order chi connectivity index (χ0) is 10.1. The van der Waals surface area contributed by atoms with Crippen LogP contribution in [0, 0.1) is 13.8 Å². The number of nitrogens with one attached hydrogen (secondary N) is 1. The van der Waals surface area contributed by atoms with Crippen LogP contribution < -0.4 is 0 Å². The first-order valence-electron chi connectivity index (χ1n) is 5.17. The summed E-state index contributed by atoms with van der Waals surface area (Å²) in [6.45, 7) is 6.40. The minimum absolute atomic E-state index is 1.04. The molecule has 2 rings (SSSR count). The second-order valence-corrected chi connectivity index (χ2v) is 3.86. The zero-order valence-electron chi connectivity index (χ0n) is 9.02. The molecule has 2 aromatic rings. The van der Waals surface area contributed by atoms with E-state index in [1.54, 1.807) is 0 Å². The summed E-state index contributed by atoms with van der Waals surface area (Å²) in [7, 11) is 0. The number of hydrogen-bond acceptors (Lipinski definition) is 1. The van der Waals surface area contributed by atoms with Crippen LogP contribution in [-0.2, 0) is 6.42 Å². The maximum Gasteiger partial charge on any atom is 0.107 e. The number of fused-ring (bicyclic) bond motifs is 1. The maximum atomic E-state index is 4.61. The van der Waals surface area contributed by atoms with Gasteiger partial charge < -0.3 is 4.98 Å². The number of rotatable bonds is 2. The highest BCUT2D eigenvalue weighted by Gasteiger charge is 2.06. The molecule has 0 aliphatic heterocycles. The van der Waals surface area contributed by atoms with Crippen molar-refractivity contribution in [1.29, 1.82) is 0 Å². The van der Waals surface area contributed by atoms with Gasteiger partial charge in [0.2, 0.25) is 0 Å². The third-order valence-electron chi connectivity index (χ3n) is 2.59. The van der Waals surface area contributed by atoms with E-state index in [2.05, 4.69) is 42.9 Å². The molecule has 0 bridgehead atoms. The van der Waals surface area contributed by atoms with Crippen molar-refractivity contribution >= 4 is 11.0 Å². The fourth-order valence-electron chi connectivity index (χ4n) is 1.76. The molecule has 0 atom stereocenters. The van der Waals surface area contributed by atoms with Crippen molar-refractivity contribution in [3.63, 3.8) is 0 Å². The summed E-state index contributed by atoms with van der Waals surface area (Å²) in [6.07, 6.45) is 2.17. The lowest BCUT2D eigenvalue weighted by Crippen LogP contribution is -1.84. The van der Waals surface area contributed by atoms with Gasteiger partial charge in [-0.2, -0.15) is 0 Å². The highest BCUT2D eigenvalue weighted by atomic mass is 14.9. The van der Waals surface area contributed by atoms with Crippen molar-refractivity contribution in [2.75, 3.05) is 0 Å². The second-order valence-electron chi connectivity index (χ2n) is 3.86. The molecule has 0 fully saturated rings. The van der Waals surface area contributed by atoms with Gasteiger partial charge in [-0.15, -0.1) is 0 Å². The van der Waals surface area contributed by atoms with Gasteiger partial charge in [0, 0.05) is 6.42 Å². The molecule has 0 amide bonds. The standard InChI is InChI=1S/C12H16N2/c1-4-5-10-13-11-8(2)6-7-9(3)12(11)14-10/h6-7H,4-5H2,1-3H3,(H,13,14). The van der Waals surface area contributed by atoms with Crippen LogP contribution in [0.3, 0.4) is 0 Å². The predicted molar refractivity (Wildman–Crippen MR) is 59.6 cm³/mol. The van der Waals surface area contributed by atoms with Crippen molar-refractivity contribution in [2.24, 2.45) is 0 Å². The van der Waals surface area contributed by atoms with Crippen LogP contribution >= 0.6 is 0 Å². The van der Waals surface area contributed by atoms with Crippen molar-refractivity contribution in [2.45, 2.75) is 33.6 Å². The first-order chi connectivity index (χ1) is 6.72. The summed E-state index contributed by atoms with van der Waals surface area (Å²) in [6, 6.07) is 4.28. The number of nitrogens with zero attached hydrogens (tertiary/aromatic N) is 1. The van der Waals surface area contributed by atoms with Crippen LogP contribution in [0.1, 0.15) is 30.3 Å². The largest absolute Gasteiger partial charge is 0.342 e. The molecule has 2 heteroatoms. The normalized spacial score (nSPS) is 11.1. The van der Waals surface area contributed by atoms with E-state index < -0.39 is 0 Å². The molecular formula is C12H16N2. The van der Waals surface area contributed by atoms with E-state index in [-0.39, 0.29) is 0 Å². The maximum absolute atomic E-state index is 4.61. The minimum Gasteiger partial charge on any atom is -0.342 e. The van der Waals surface area contributed by atoms with Crippen molar-refractivity contribution in [1.82, 2.24) is 9.97 Å². The van der Waals surface area contributed by atoms with Crippen LogP contribution in [0.2, 0.25) is 0 Å². The number of aryl methyl sites for hydroxylation is 3. The topological polar surface area (TPSA) is 28.7 Å². The average Bonchev–Trinajstić information content (AvgIpc) is 2.57. The van der Waals surface area contributed by atoms with Gasteiger partial charge in [-0.05, 0) is 31.4 Å². The van der Waals surface area contributed by atoms with Crippen LogP contribution in [0.15, 0.2) is 12.1 Å². The molecule has 14 heavy (non-hydrogen) atoms. The van der Waals surface area contributed by atoms with Crippen molar-refractivity contribution < 1.29 is 0 Å². The lowest BCUT2D eigenvalue weighted by Gasteiger charge is -1.96. The Kier molecular flexibility index (Phi) is 2.28. The predicted octanol–water partition coefficient (Wildman–Crippen LogP) is 3.13. The van der Waals surface area contributed by atoms with E-state index >= 15 is 0 Å². The first kappa shape index (κ1) is 9.25. The lowest BCUT2D eigenvalue weighted by atomic mass is 10.1. The van der Waals surface area contributed by atoms with E-state index in [0.717, 1.165) is 24.2 Å². The van der Waals surface area contributed by atoms with Gasteiger partial charge in [-0.1, -0.05) is 19.1 Å². The summed E-state index contributed by atoms with van der Waals surface area (Å²) in [5.74, 6) is 1.11. The lowest BCUT2D eigenvalue weighted by molar-refractivity contribution is 0.861. The van der Waals surface area contributed by atoms with Gasteiger partial charge in [0.15, 0.2) is 0 Å². The average molecular weight is 188 g/mol. The smallest absolute Gasteiger partial charge is 0.107 e. The van der Waals surface area contributed by atoms with Gasteiger partial charge in [-0.25, -0.2) is 4.98 Å². The minimum atomic E-state index is 1.04. The van der Waals surface area contributed by atoms with E-state index in [9.17, 15) is 0 Å². The van der Waals surface area contributed by atoms with E-state index in [1.807, 2.05) is 0 Å². The molecule has 0 unspecified atom stereocenters. The SMILES string of the molecule is CCCc1nc2c(C)ccc(C)c2[nH]1. The van der Waals surface area contributed by atoms with Crippen molar-refractivity contribution in [3.05, 3.63) is 29.1 Å². The molecular weight excluding hydrogens is 172 g/mol. The van der Waals surface area contributed by atoms with Crippen molar-refractivity contribution in [3.8, 4) is 0 Å². The molecule has 2 nitrogen and oxygen atoms in total. The highest BCUT2D eigenvalue weighted by Crippen LogP contribution is 2.19. The number of imidazole rings is 1. The molecule has 74 valence electrons. The van der Waals surface area contributed by atoms with Gasteiger partial charge >= 0.3 is 0 Å². The Morgan fingerprint density at radius 2 is 1.93 bits per heavy atom. The van der Waals surface area contributed by atoms with Crippen LogP contribution in [0.4, 0.5) is 0 Å². The molecule has 1 aromatic heterocycles. The van der Waals surface area contributed by atoms with E-state index in [0.29, 0.717) is 0 Å². The van der Waals surface area contributed by atoms with Crippen LogP contribution in [-0.4, -0.2) is 9.97 Å². The highest BCUT2D eigenvalue weighted by molar-refractivity contribution is 5.81. The quantitative estimate of drug-likeness (QED) is 0.770. The van der Waals surface area contributed by atoms with E-state index in [4.69, 9.17) is 0 Å². The third kappa shape index (κ3) is 1.41. The van der Waals surface area contributed by atoms with Gasteiger partial charge in [0.1, 0.15) is 5.82 Å². The van der Waals surface area contributed by atoms with Crippen LogP contribution in [0.25, 0.3) is 11.0 Å². The first-order valence-corrected chi connectivity index (χ1v) is 5.17. The monoisotopic (exact) mass is 188 g/mol. The molecule has 0 saturated heterocycles.